The maximum atomic E-state index is 5.91. The van der Waals surface area contributed by atoms with Crippen LogP contribution in [0.2, 0.25) is 5.02 Å². The molecule has 19 heavy (non-hydrogen) atoms. The molecule has 1 aliphatic rings. The monoisotopic (exact) mass is 296 g/mol. The first-order valence-electron chi connectivity index (χ1n) is 6.77. The van der Waals surface area contributed by atoms with Crippen LogP contribution in [0, 0.1) is 0 Å². The summed E-state index contributed by atoms with van der Waals surface area (Å²) in [7, 11) is 0. The van der Waals surface area contributed by atoms with Crippen molar-refractivity contribution in [2.24, 2.45) is 4.99 Å². The lowest BCUT2D eigenvalue weighted by Gasteiger charge is -2.35. The molecule has 2 rings (SSSR count). The predicted octanol–water partition coefficient (Wildman–Crippen LogP) is 4.65. The third-order valence-electron chi connectivity index (χ3n) is 3.74. The van der Waals surface area contributed by atoms with E-state index in [2.05, 4.69) is 26.1 Å². The van der Waals surface area contributed by atoms with Crippen LogP contribution in [0.5, 0.6) is 0 Å². The molecule has 1 fully saturated rings. The third-order valence-corrected chi connectivity index (χ3v) is 4.89. The molecule has 104 valence electrons. The molecule has 2 atom stereocenters. The van der Waals surface area contributed by atoms with E-state index in [1.165, 1.54) is 12.0 Å². The van der Waals surface area contributed by atoms with Crippen LogP contribution in [-0.2, 0) is 0 Å². The Morgan fingerprint density at radius 1 is 1.42 bits per heavy atom. The molecule has 0 radical (unpaired) electrons. The summed E-state index contributed by atoms with van der Waals surface area (Å²) in [4.78, 5) is 4.80. The molecule has 0 aliphatic carbocycles. The van der Waals surface area contributed by atoms with Gasteiger partial charge in [-0.1, -0.05) is 42.4 Å². The highest BCUT2D eigenvalue weighted by Crippen LogP contribution is 2.27. The highest BCUT2D eigenvalue weighted by Gasteiger charge is 2.27. The van der Waals surface area contributed by atoms with Crippen LogP contribution < -0.4 is 5.32 Å². The van der Waals surface area contributed by atoms with Crippen molar-refractivity contribution in [3.63, 3.8) is 0 Å². The van der Waals surface area contributed by atoms with Crippen LogP contribution >= 0.6 is 23.4 Å². The third kappa shape index (κ3) is 3.90. The van der Waals surface area contributed by atoms with E-state index < -0.39 is 0 Å². The zero-order valence-corrected chi connectivity index (χ0v) is 13.3. The van der Waals surface area contributed by atoms with Gasteiger partial charge in [0.1, 0.15) is 0 Å². The van der Waals surface area contributed by atoms with Crippen molar-refractivity contribution in [1.82, 2.24) is 5.32 Å². The van der Waals surface area contributed by atoms with Crippen molar-refractivity contribution in [2.45, 2.75) is 45.2 Å². The van der Waals surface area contributed by atoms with E-state index in [0.29, 0.717) is 0 Å². The van der Waals surface area contributed by atoms with Gasteiger partial charge >= 0.3 is 0 Å². The summed E-state index contributed by atoms with van der Waals surface area (Å²) in [6, 6.07) is 8.09. The topological polar surface area (TPSA) is 24.4 Å². The summed E-state index contributed by atoms with van der Waals surface area (Å²) in [5.74, 6) is 1.14. The molecular weight excluding hydrogens is 276 g/mol. The largest absolute Gasteiger partial charge is 0.360 e. The summed E-state index contributed by atoms with van der Waals surface area (Å²) in [6.45, 7) is 6.62. The fourth-order valence-electron chi connectivity index (χ4n) is 2.06. The molecule has 0 bridgehead atoms. The lowest BCUT2D eigenvalue weighted by Crippen LogP contribution is -2.48. The van der Waals surface area contributed by atoms with E-state index in [1.54, 1.807) is 0 Å². The molecule has 0 saturated carbocycles. The Hall–Kier alpha value is -0.670. The lowest BCUT2D eigenvalue weighted by atomic mass is 9.96. The number of hydrogen-bond donors (Lipinski definition) is 1. The number of halogens is 1. The van der Waals surface area contributed by atoms with Crippen LogP contribution in [0.3, 0.4) is 0 Å². The first kappa shape index (κ1) is 14.7. The number of thioether (sulfide) groups is 1. The van der Waals surface area contributed by atoms with Gasteiger partial charge in [-0.25, -0.2) is 0 Å². The molecule has 2 nitrogen and oxygen atoms in total. The van der Waals surface area contributed by atoms with Gasteiger partial charge in [-0.05, 0) is 44.4 Å². The zero-order valence-electron chi connectivity index (χ0n) is 11.7. The number of rotatable bonds is 3. The first-order chi connectivity index (χ1) is 9.02. The Balaban J connectivity index is 2.10. The first-order valence-corrected chi connectivity index (χ1v) is 8.13. The van der Waals surface area contributed by atoms with Crippen LogP contribution in [0.4, 0.5) is 0 Å². The average molecular weight is 297 g/mol. The lowest BCUT2D eigenvalue weighted by molar-refractivity contribution is 0.389. The Morgan fingerprint density at radius 2 is 2.11 bits per heavy atom. The minimum atomic E-state index is 0.159. The number of nitrogens with zero attached hydrogens (tertiary/aromatic N) is 1. The maximum absolute atomic E-state index is 5.91. The van der Waals surface area contributed by atoms with Crippen LogP contribution in [0.1, 0.15) is 45.2 Å². The van der Waals surface area contributed by atoms with Crippen molar-refractivity contribution >= 4 is 28.5 Å². The number of nitrogens with one attached hydrogen (secondary N) is 1. The van der Waals surface area contributed by atoms with Gasteiger partial charge in [-0.2, -0.15) is 0 Å². The average Bonchev–Trinajstić information content (AvgIpc) is 2.39. The molecule has 2 unspecified atom stereocenters. The Morgan fingerprint density at radius 3 is 2.74 bits per heavy atom. The Kier molecular flexibility index (Phi) is 4.80. The molecule has 1 heterocycles. The minimum absolute atomic E-state index is 0.159. The van der Waals surface area contributed by atoms with Gasteiger partial charge in [0.2, 0.25) is 0 Å². The van der Waals surface area contributed by atoms with Crippen molar-refractivity contribution < 1.29 is 0 Å². The SMILES string of the molecule is CCC1(C)CCSC(=NC(C)c2ccc(Cl)cc2)N1. The minimum Gasteiger partial charge on any atom is -0.360 e. The summed E-state index contributed by atoms with van der Waals surface area (Å²) in [5, 5.41) is 5.42. The van der Waals surface area contributed by atoms with Crippen molar-refractivity contribution in [2.75, 3.05) is 5.75 Å². The van der Waals surface area contributed by atoms with E-state index in [1.807, 2.05) is 36.0 Å². The predicted molar refractivity (Wildman–Crippen MR) is 86.2 cm³/mol. The summed E-state index contributed by atoms with van der Waals surface area (Å²) in [6.07, 6.45) is 2.32. The molecule has 0 spiro atoms. The molecule has 1 aromatic carbocycles. The van der Waals surface area contributed by atoms with Crippen molar-refractivity contribution in [3.8, 4) is 0 Å². The second-order valence-corrected chi connectivity index (χ2v) is 6.82. The van der Waals surface area contributed by atoms with Gasteiger partial charge in [-0.15, -0.1) is 0 Å². The molecular formula is C15H21ClN2S. The van der Waals surface area contributed by atoms with Crippen molar-refractivity contribution in [3.05, 3.63) is 34.9 Å². The highest BCUT2D eigenvalue weighted by atomic mass is 35.5. The molecule has 4 heteroatoms. The Bertz CT molecular complexity index is 458. The Labute approximate surface area is 125 Å². The van der Waals surface area contributed by atoms with Gasteiger partial charge in [0.05, 0.1) is 6.04 Å². The van der Waals surface area contributed by atoms with E-state index in [9.17, 15) is 0 Å². The molecule has 0 amide bonds. The molecule has 0 aromatic heterocycles. The van der Waals surface area contributed by atoms with E-state index >= 15 is 0 Å². The summed E-state index contributed by atoms with van der Waals surface area (Å²) >= 11 is 7.73. The van der Waals surface area contributed by atoms with Gasteiger partial charge in [0, 0.05) is 16.3 Å². The molecule has 1 aromatic rings. The fourth-order valence-corrected chi connectivity index (χ4v) is 3.48. The molecule has 1 saturated heterocycles. The molecule has 1 N–H and O–H groups in total. The van der Waals surface area contributed by atoms with Gasteiger partial charge < -0.3 is 5.32 Å². The van der Waals surface area contributed by atoms with Gasteiger partial charge in [-0.3, -0.25) is 4.99 Å². The van der Waals surface area contributed by atoms with E-state index in [0.717, 1.165) is 22.4 Å². The standard InChI is InChI=1S/C15H21ClN2S/c1-4-15(3)9-10-19-14(18-15)17-11(2)12-5-7-13(16)8-6-12/h5-8,11H,4,9-10H2,1-3H3,(H,17,18). The fraction of sp³-hybridized carbons (Fsp3) is 0.533. The van der Waals surface area contributed by atoms with Crippen LogP contribution in [-0.4, -0.2) is 16.5 Å². The van der Waals surface area contributed by atoms with Crippen molar-refractivity contribution in [1.29, 1.82) is 0 Å². The number of aliphatic imine (C=N–C) groups is 1. The second kappa shape index (κ2) is 6.19. The molecule has 1 aliphatic heterocycles. The van der Waals surface area contributed by atoms with Gasteiger partial charge in [0.15, 0.2) is 5.17 Å². The summed E-state index contributed by atoms with van der Waals surface area (Å²) in [5.41, 5.74) is 1.40. The normalized spacial score (nSPS) is 27.1. The van der Waals surface area contributed by atoms with Gasteiger partial charge in [0.25, 0.3) is 0 Å². The zero-order chi connectivity index (χ0) is 13.9. The van der Waals surface area contributed by atoms with Crippen LogP contribution in [0.15, 0.2) is 29.3 Å². The highest BCUT2D eigenvalue weighted by molar-refractivity contribution is 8.13. The maximum Gasteiger partial charge on any atom is 0.157 e. The van der Waals surface area contributed by atoms with Crippen LogP contribution in [0.25, 0.3) is 0 Å². The smallest absolute Gasteiger partial charge is 0.157 e. The van der Waals surface area contributed by atoms with E-state index in [4.69, 9.17) is 16.6 Å². The summed E-state index contributed by atoms with van der Waals surface area (Å²) < 4.78 is 0. The van der Waals surface area contributed by atoms with E-state index in [-0.39, 0.29) is 11.6 Å². The number of hydrogen-bond acceptors (Lipinski definition) is 2. The second-order valence-electron chi connectivity index (χ2n) is 5.30. The quantitative estimate of drug-likeness (QED) is 0.878. The number of amidine groups is 1. The number of benzene rings is 1.